The first kappa shape index (κ1) is 13.9. The van der Waals surface area contributed by atoms with Gasteiger partial charge in [-0.1, -0.05) is 12.1 Å². The Kier molecular flexibility index (Phi) is 4.40. The molecular weight excluding hydrogens is 266 g/mol. The van der Waals surface area contributed by atoms with E-state index in [0.717, 1.165) is 43.2 Å². The van der Waals surface area contributed by atoms with Crippen LogP contribution in [0.15, 0.2) is 36.7 Å². The summed E-state index contributed by atoms with van der Waals surface area (Å²) in [6.07, 6.45) is 4.70. The average Bonchev–Trinajstić information content (AvgIpc) is 2.87. The maximum absolute atomic E-state index is 5.84. The first-order chi connectivity index (χ1) is 10.3. The number of rotatable bonds is 5. The van der Waals surface area contributed by atoms with Crippen LogP contribution in [0.4, 0.5) is 0 Å². The van der Waals surface area contributed by atoms with Gasteiger partial charge in [-0.3, -0.25) is 4.68 Å². The van der Waals surface area contributed by atoms with Crippen molar-refractivity contribution in [3.8, 4) is 11.5 Å². The number of benzene rings is 1. The highest BCUT2D eigenvalue weighted by molar-refractivity contribution is 5.47. The summed E-state index contributed by atoms with van der Waals surface area (Å²) in [5.74, 6) is 1.74. The van der Waals surface area contributed by atoms with Gasteiger partial charge in [-0.2, -0.15) is 5.10 Å². The second-order valence-corrected chi connectivity index (χ2v) is 5.30. The van der Waals surface area contributed by atoms with Gasteiger partial charge >= 0.3 is 0 Å². The van der Waals surface area contributed by atoms with Crippen molar-refractivity contribution in [2.75, 3.05) is 13.2 Å². The highest BCUT2D eigenvalue weighted by Crippen LogP contribution is 2.33. The molecule has 0 amide bonds. The van der Waals surface area contributed by atoms with Crippen LogP contribution in [0.5, 0.6) is 11.5 Å². The Hall–Kier alpha value is -2.01. The number of nitrogens with one attached hydrogen (secondary N) is 1. The summed E-state index contributed by atoms with van der Waals surface area (Å²) in [6.45, 7) is 5.20. The van der Waals surface area contributed by atoms with Gasteiger partial charge in [0.1, 0.15) is 0 Å². The summed E-state index contributed by atoms with van der Waals surface area (Å²) in [5, 5.41) is 7.74. The first-order valence-corrected chi connectivity index (χ1v) is 7.41. The summed E-state index contributed by atoms with van der Waals surface area (Å²) >= 11 is 0. The molecule has 0 bridgehead atoms. The fraction of sp³-hybridized carbons (Fsp3) is 0.438. The molecule has 1 N–H and O–H groups in total. The number of ether oxygens (including phenoxy) is 2. The van der Waals surface area contributed by atoms with Crippen molar-refractivity contribution in [3.05, 3.63) is 42.2 Å². The molecule has 112 valence electrons. The molecule has 0 aliphatic carbocycles. The van der Waals surface area contributed by atoms with E-state index in [-0.39, 0.29) is 0 Å². The highest BCUT2D eigenvalue weighted by atomic mass is 16.5. The third-order valence-electron chi connectivity index (χ3n) is 3.51. The Labute approximate surface area is 124 Å². The molecule has 1 aliphatic rings. The van der Waals surface area contributed by atoms with Crippen LogP contribution in [-0.4, -0.2) is 29.0 Å². The van der Waals surface area contributed by atoms with Crippen LogP contribution in [-0.2, 0) is 13.1 Å². The standard InChI is InChI=1S/C16H21N3O2/c1-13(12-19-8-3-7-18-19)17-11-14-5-2-6-15-16(14)21-10-4-9-20-15/h2-3,5-8,13,17H,4,9-12H2,1H3/t13-/m0/s1. The van der Waals surface area contributed by atoms with E-state index in [1.807, 2.05) is 29.1 Å². The molecule has 1 aliphatic heterocycles. The molecule has 0 unspecified atom stereocenters. The minimum Gasteiger partial charge on any atom is -0.490 e. The lowest BCUT2D eigenvalue weighted by Gasteiger charge is -2.16. The van der Waals surface area contributed by atoms with Crippen LogP contribution >= 0.6 is 0 Å². The second-order valence-electron chi connectivity index (χ2n) is 5.30. The predicted molar refractivity (Wildman–Crippen MR) is 80.6 cm³/mol. The lowest BCUT2D eigenvalue weighted by Crippen LogP contribution is -2.30. The summed E-state index contributed by atoms with van der Waals surface area (Å²) in [7, 11) is 0. The summed E-state index contributed by atoms with van der Waals surface area (Å²) in [5.41, 5.74) is 1.14. The van der Waals surface area contributed by atoms with Crippen LogP contribution in [0.2, 0.25) is 0 Å². The van der Waals surface area contributed by atoms with Gasteiger partial charge in [-0.05, 0) is 19.1 Å². The van der Waals surface area contributed by atoms with E-state index in [1.54, 1.807) is 6.20 Å². The number of fused-ring (bicyclic) bond motifs is 1. The number of hydrogen-bond acceptors (Lipinski definition) is 4. The molecule has 2 aromatic rings. The third-order valence-corrected chi connectivity index (χ3v) is 3.51. The van der Waals surface area contributed by atoms with Gasteiger partial charge in [0.15, 0.2) is 11.5 Å². The quantitative estimate of drug-likeness (QED) is 0.916. The van der Waals surface area contributed by atoms with Crippen molar-refractivity contribution in [3.63, 3.8) is 0 Å². The Balaban J connectivity index is 1.62. The number of nitrogens with zero attached hydrogens (tertiary/aromatic N) is 2. The Morgan fingerprint density at radius 1 is 1.29 bits per heavy atom. The molecule has 21 heavy (non-hydrogen) atoms. The molecule has 0 spiro atoms. The van der Waals surface area contributed by atoms with E-state index in [0.29, 0.717) is 12.6 Å². The van der Waals surface area contributed by atoms with Crippen molar-refractivity contribution in [2.45, 2.75) is 32.5 Å². The summed E-state index contributed by atoms with van der Waals surface area (Å²) in [4.78, 5) is 0. The smallest absolute Gasteiger partial charge is 0.165 e. The minimum absolute atomic E-state index is 0.326. The molecule has 3 rings (SSSR count). The topological polar surface area (TPSA) is 48.3 Å². The zero-order valence-corrected chi connectivity index (χ0v) is 12.3. The van der Waals surface area contributed by atoms with Crippen molar-refractivity contribution >= 4 is 0 Å². The van der Waals surface area contributed by atoms with Gasteiger partial charge in [0.2, 0.25) is 0 Å². The molecule has 5 heteroatoms. The molecule has 1 aromatic heterocycles. The van der Waals surface area contributed by atoms with Gasteiger partial charge < -0.3 is 14.8 Å². The molecule has 1 aromatic carbocycles. The molecule has 2 heterocycles. The SMILES string of the molecule is C[C@@H](Cn1cccn1)NCc1cccc2c1OCCCO2. The van der Waals surface area contributed by atoms with Crippen LogP contribution in [0, 0.1) is 0 Å². The van der Waals surface area contributed by atoms with E-state index in [1.165, 1.54) is 0 Å². The lowest BCUT2D eigenvalue weighted by atomic mass is 10.1. The second kappa shape index (κ2) is 6.63. The van der Waals surface area contributed by atoms with E-state index in [4.69, 9.17) is 9.47 Å². The molecular formula is C16H21N3O2. The van der Waals surface area contributed by atoms with Crippen LogP contribution in [0.1, 0.15) is 18.9 Å². The van der Waals surface area contributed by atoms with Crippen molar-refractivity contribution < 1.29 is 9.47 Å². The normalized spacial score (nSPS) is 15.5. The van der Waals surface area contributed by atoms with E-state index < -0.39 is 0 Å². The molecule has 1 atom stereocenters. The summed E-state index contributed by atoms with van der Waals surface area (Å²) < 4.78 is 13.5. The van der Waals surface area contributed by atoms with Gasteiger partial charge in [-0.25, -0.2) is 0 Å². The fourth-order valence-electron chi connectivity index (χ4n) is 2.43. The number of para-hydroxylation sites is 1. The number of hydrogen-bond donors (Lipinski definition) is 1. The molecule has 0 saturated heterocycles. The van der Waals surface area contributed by atoms with Gasteiger partial charge in [0, 0.05) is 37.0 Å². The largest absolute Gasteiger partial charge is 0.490 e. The average molecular weight is 287 g/mol. The van der Waals surface area contributed by atoms with Crippen molar-refractivity contribution in [1.82, 2.24) is 15.1 Å². The summed E-state index contributed by atoms with van der Waals surface area (Å²) in [6, 6.07) is 8.34. The molecule has 0 saturated carbocycles. The van der Waals surface area contributed by atoms with Gasteiger partial charge in [0.25, 0.3) is 0 Å². The monoisotopic (exact) mass is 287 g/mol. The highest BCUT2D eigenvalue weighted by Gasteiger charge is 2.14. The number of aromatic nitrogens is 2. The molecule has 5 nitrogen and oxygen atoms in total. The van der Waals surface area contributed by atoms with Gasteiger partial charge in [-0.15, -0.1) is 0 Å². The van der Waals surface area contributed by atoms with E-state index >= 15 is 0 Å². The first-order valence-electron chi connectivity index (χ1n) is 7.41. The zero-order valence-electron chi connectivity index (χ0n) is 12.3. The lowest BCUT2D eigenvalue weighted by molar-refractivity contribution is 0.295. The Bertz CT molecular complexity index is 569. The zero-order chi connectivity index (χ0) is 14.5. The van der Waals surface area contributed by atoms with Crippen LogP contribution < -0.4 is 14.8 Å². The fourth-order valence-corrected chi connectivity index (χ4v) is 2.43. The predicted octanol–water partition coefficient (Wildman–Crippen LogP) is 2.22. The maximum atomic E-state index is 5.84. The van der Waals surface area contributed by atoms with E-state index in [2.05, 4.69) is 23.4 Å². The Morgan fingerprint density at radius 3 is 3.05 bits per heavy atom. The van der Waals surface area contributed by atoms with Gasteiger partial charge in [0.05, 0.1) is 19.8 Å². The van der Waals surface area contributed by atoms with Crippen molar-refractivity contribution in [2.24, 2.45) is 0 Å². The molecule has 0 radical (unpaired) electrons. The third kappa shape index (κ3) is 3.55. The molecule has 0 fully saturated rings. The van der Waals surface area contributed by atoms with Crippen LogP contribution in [0.25, 0.3) is 0 Å². The van der Waals surface area contributed by atoms with Crippen LogP contribution in [0.3, 0.4) is 0 Å². The van der Waals surface area contributed by atoms with E-state index in [9.17, 15) is 0 Å². The minimum atomic E-state index is 0.326. The van der Waals surface area contributed by atoms with Crippen molar-refractivity contribution in [1.29, 1.82) is 0 Å². The Morgan fingerprint density at radius 2 is 2.19 bits per heavy atom. The maximum Gasteiger partial charge on any atom is 0.165 e.